The van der Waals surface area contributed by atoms with Crippen molar-refractivity contribution in [2.24, 2.45) is 11.8 Å². The molecule has 0 aromatic heterocycles. The van der Waals surface area contributed by atoms with Crippen LogP contribution in [0.4, 0.5) is 0 Å². The molecule has 3 N–H and O–H groups in total. The number of hydrogen-bond donors (Lipinski definition) is 3. The average Bonchev–Trinajstić information content (AvgIpc) is 0.937. The Morgan fingerprint density at radius 2 is 0.584 bits per heavy atom. The molecule has 17 nitrogen and oxygen atoms in total. The molecule has 0 rings (SSSR count). The van der Waals surface area contributed by atoms with Crippen molar-refractivity contribution in [1.29, 1.82) is 0 Å². The van der Waals surface area contributed by atoms with Crippen molar-refractivity contribution in [3.05, 3.63) is 24.3 Å². The molecular weight excluding hydrogens is 1320 g/mol. The lowest BCUT2D eigenvalue weighted by atomic mass is 9.99. The normalized spacial score (nSPS) is 14.3. The molecule has 3 unspecified atom stereocenters. The summed E-state index contributed by atoms with van der Waals surface area (Å²) in [4.78, 5) is 73.1. The van der Waals surface area contributed by atoms with Gasteiger partial charge in [-0.1, -0.05) is 355 Å². The van der Waals surface area contributed by atoms with Crippen LogP contribution in [-0.4, -0.2) is 96.7 Å². The van der Waals surface area contributed by atoms with Crippen LogP contribution in [0.3, 0.4) is 0 Å². The molecule has 19 heteroatoms. The largest absolute Gasteiger partial charge is 0.472 e. The summed E-state index contributed by atoms with van der Waals surface area (Å²) in [5.41, 5.74) is 0. The number of rotatable bonds is 79. The summed E-state index contributed by atoms with van der Waals surface area (Å²) < 4.78 is 68.7. The molecule has 0 fully saturated rings. The van der Waals surface area contributed by atoms with Crippen molar-refractivity contribution in [2.75, 3.05) is 39.6 Å². The average molecular weight is 1480 g/mol. The number of phosphoric acid groups is 2. The molecule has 0 aromatic carbocycles. The van der Waals surface area contributed by atoms with Crippen LogP contribution < -0.4 is 0 Å². The Morgan fingerprint density at radius 1 is 0.327 bits per heavy atom. The lowest BCUT2D eigenvalue weighted by molar-refractivity contribution is -0.161. The molecule has 0 amide bonds. The van der Waals surface area contributed by atoms with Crippen LogP contribution in [-0.2, 0) is 65.4 Å². The molecule has 0 bridgehead atoms. The SMILES string of the molecule is CCCCCC/C=C\C=C/CCCCCCCC(=O)O[C@H](COC(=O)CCCCCCCCCCC(C)CC)COP(=O)(O)OC[C@H](O)COP(=O)(O)OC[C@@H](COC(=O)CCCCCCCCCCCCCCCC(C)C)OC(=O)CCCCCCCCCCCCCCCCCCCC. The maximum atomic E-state index is 13.1. The van der Waals surface area contributed by atoms with Crippen molar-refractivity contribution in [3.8, 4) is 0 Å². The smallest absolute Gasteiger partial charge is 0.462 e. The number of hydrogen-bond acceptors (Lipinski definition) is 15. The number of carbonyl (C=O) groups is 4. The number of carbonyl (C=O) groups excluding carboxylic acids is 4. The predicted molar refractivity (Wildman–Crippen MR) is 414 cm³/mol. The van der Waals surface area contributed by atoms with Gasteiger partial charge in [-0.3, -0.25) is 37.3 Å². The maximum Gasteiger partial charge on any atom is 0.472 e. The van der Waals surface area contributed by atoms with E-state index in [0.717, 1.165) is 115 Å². The number of esters is 4. The fraction of sp³-hybridized carbons (Fsp3) is 0.902. The minimum Gasteiger partial charge on any atom is -0.462 e. The zero-order valence-electron chi connectivity index (χ0n) is 65.7. The molecule has 0 radical (unpaired) electrons. The van der Waals surface area contributed by atoms with E-state index in [0.29, 0.717) is 25.7 Å². The summed E-state index contributed by atoms with van der Waals surface area (Å²) in [6.45, 7) is 9.59. The second-order valence-electron chi connectivity index (χ2n) is 29.5. The third kappa shape index (κ3) is 74.2. The van der Waals surface area contributed by atoms with Crippen molar-refractivity contribution in [3.63, 3.8) is 0 Å². The first kappa shape index (κ1) is 98.5. The molecule has 0 heterocycles. The quantitative estimate of drug-likeness (QED) is 0.0169. The van der Waals surface area contributed by atoms with Crippen molar-refractivity contribution >= 4 is 39.5 Å². The number of allylic oxidation sites excluding steroid dienone is 4. The number of aliphatic hydroxyl groups excluding tert-OH is 1. The standard InChI is InChI=1S/C82H156O17P2/c1-7-10-12-14-16-18-20-22-24-25-26-28-32-37-41-49-55-61-67-81(86)98-77(70-92-79(84)64-58-52-46-39-35-33-29-30-34-38-44-50-56-62-74(4)5)72-96-100(88,89)94-68-76(83)69-95-101(90,91)97-73-78(71-93-80(85)65-59-53-47-43-42-45-51-57-63-75(6)9-3)99-82(87)66-60-54-48-40-36-31-27-23-21-19-17-15-13-11-8-2/h19,21,23,27,74-78,83H,7-18,20,22,24-26,28-73H2,1-6H3,(H,88,89)(H,90,91)/b21-19-,27-23-/t75?,76-,77-,78-/m1/s1. The van der Waals surface area contributed by atoms with Gasteiger partial charge in [-0.2, -0.15) is 0 Å². The summed E-state index contributed by atoms with van der Waals surface area (Å²) in [7, 11) is -9.94. The number of aliphatic hydroxyl groups is 1. The van der Waals surface area contributed by atoms with Gasteiger partial charge in [-0.25, -0.2) is 9.13 Å². The van der Waals surface area contributed by atoms with Crippen LogP contribution in [0.5, 0.6) is 0 Å². The monoisotopic (exact) mass is 1480 g/mol. The summed E-state index contributed by atoms with van der Waals surface area (Å²) >= 11 is 0. The van der Waals surface area contributed by atoms with Gasteiger partial charge >= 0.3 is 39.5 Å². The number of phosphoric ester groups is 2. The number of ether oxygens (including phenoxy) is 4. The van der Waals surface area contributed by atoms with E-state index in [1.54, 1.807) is 0 Å². The van der Waals surface area contributed by atoms with Gasteiger partial charge < -0.3 is 33.8 Å². The highest BCUT2D eigenvalue weighted by Crippen LogP contribution is 2.45. The fourth-order valence-electron chi connectivity index (χ4n) is 12.1. The summed E-state index contributed by atoms with van der Waals surface area (Å²) in [6, 6.07) is 0. The molecule has 0 aliphatic carbocycles. The predicted octanol–water partition coefficient (Wildman–Crippen LogP) is 24.2. The second kappa shape index (κ2) is 73.1. The van der Waals surface area contributed by atoms with Gasteiger partial charge in [0.25, 0.3) is 0 Å². The van der Waals surface area contributed by atoms with Gasteiger partial charge in [0.05, 0.1) is 26.4 Å². The molecule has 0 aromatic rings. The number of unbranched alkanes of at least 4 members (excludes halogenated alkanes) is 45. The molecule has 6 atom stereocenters. The van der Waals surface area contributed by atoms with Crippen molar-refractivity contribution < 1.29 is 80.2 Å². The zero-order valence-corrected chi connectivity index (χ0v) is 67.5. The first-order valence-electron chi connectivity index (χ1n) is 41.8. The third-order valence-electron chi connectivity index (χ3n) is 18.9. The minimum atomic E-state index is -4.97. The van der Waals surface area contributed by atoms with Crippen LogP contribution in [0.2, 0.25) is 0 Å². The second-order valence-corrected chi connectivity index (χ2v) is 32.5. The first-order chi connectivity index (χ1) is 48.9. The highest BCUT2D eigenvalue weighted by molar-refractivity contribution is 7.47. The summed E-state index contributed by atoms with van der Waals surface area (Å²) in [5, 5.41) is 10.6. The Hall–Kier alpha value is -2.46. The van der Waals surface area contributed by atoms with Crippen LogP contribution >= 0.6 is 15.6 Å². The molecular formula is C82H156O17P2. The van der Waals surface area contributed by atoms with Gasteiger partial charge in [0.1, 0.15) is 19.3 Å². The van der Waals surface area contributed by atoms with Gasteiger partial charge in [0, 0.05) is 25.7 Å². The minimum absolute atomic E-state index is 0.0848. The van der Waals surface area contributed by atoms with E-state index in [4.69, 9.17) is 37.0 Å². The topological polar surface area (TPSA) is 237 Å². The van der Waals surface area contributed by atoms with Crippen LogP contribution in [0.25, 0.3) is 0 Å². The van der Waals surface area contributed by atoms with Crippen LogP contribution in [0.1, 0.15) is 408 Å². The van der Waals surface area contributed by atoms with E-state index >= 15 is 0 Å². The molecule has 101 heavy (non-hydrogen) atoms. The van der Waals surface area contributed by atoms with E-state index in [-0.39, 0.29) is 25.7 Å². The van der Waals surface area contributed by atoms with E-state index in [1.807, 2.05) is 0 Å². The van der Waals surface area contributed by atoms with Crippen molar-refractivity contribution in [1.82, 2.24) is 0 Å². The molecule has 0 aliphatic rings. The highest BCUT2D eigenvalue weighted by atomic mass is 31.2. The molecule has 0 spiro atoms. The maximum absolute atomic E-state index is 13.1. The van der Waals surface area contributed by atoms with Crippen LogP contribution in [0.15, 0.2) is 24.3 Å². The van der Waals surface area contributed by atoms with Gasteiger partial charge in [-0.15, -0.1) is 0 Å². The van der Waals surface area contributed by atoms with Gasteiger partial charge in [0.15, 0.2) is 12.2 Å². The summed E-state index contributed by atoms with van der Waals surface area (Å²) in [5.74, 6) is -0.573. The van der Waals surface area contributed by atoms with Gasteiger partial charge in [-0.05, 0) is 63.2 Å². The Kier molecular flexibility index (Phi) is 71.3. The Balaban J connectivity index is 5.30. The molecule has 0 saturated carbocycles. The van der Waals surface area contributed by atoms with E-state index in [1.165, 1.54) is 212 Å². The molecule has 0 aliphatic heterocycles. The Labute approximate surface area is 618 Å². The lowest BCUT2D eigenvalue weighted by Gasteiger charge is -2.21. The third-order valence-corrected chi connectivity index (χ3v) is 20.8. The summed E-state index contributed by atoms with van der Waals surface area (Å²) in [6.07, 6.45) is 65.9. The van der Waals surface area contributed by atoms with Crippen molar-refractivity contribution in [2.45, 2.75) is 426 Å². The highest BCUT2D eigenvalue weighted by Gasteiger charge is 2.30. The molecule has 0 saturated heterocycles. The molecule has 596 valence electrons. The van der Waals surface area contributed by atoms with E-state index < -0.39 is 97.5 Å². The first-order valence-corrected chi connectivity index (χ1v) is 44.8. The fourth-order valence-corrected chi connectivity index (χ4v) is 13.7. The van der Waals surface area contributed by atoms with E-state index in [2.05, 4.69) is 65.8 Å². The Bertz CT molecular complexity index is 2040. The van der Waals surface area contributed by atoms with Crippen LogP contribution in [0, 0.1) is 11.8 Å². The zero-order chi connectivity index (χ0) is 74.2. The van der Waals surface area contributed by atoms with E-state index in [9.17, 15) is 43.2 Å². The van der Waals surface area contributed by atoms with Gasteiger partial charge in [0.2, 0.25) is 0 Å². The Morgan fingerprint density at radius 3 is 0.891 bits per heavy atom. The lowest BCUT2D eigenvalue weighted by Crippen LogP contribution is -2.30.